The first-order valence-electron chi connectivity index (χ1n) is 11.7. The molecule has 9 heteroatoms. The molecule has 35 heavy (non-hydrogen) atoms. The van der Waals surface area contributed by atoms with Crippen molar-refractivity contribution in [2.75, 3.05) is 13.1 Å². The van der Waals surface area contributed by atoms with E-state index in [9.17, 15) is 18.4 Å². The zero-order valence-electron chi connectivity index (χ0n) is 19.1. The van der Waals surface area contributed by atoms with Crippen LogP contribution >= 0.6 is 0 Å². The molecule has 182 valence electrons. The number of hydrogen-bond acceptors (Lipinski definition) is 4. The normalized spacial score (nSPS) is 18.2. The summed E-state index contributed by atoms with van der Waals surface area (Å²) in [6.45, 7) is 1.76. The van der Waals surface area contributed by atoms with Crippen LogP contribution in [0.1, 0.15) is 46.3 Å². The highest BCUT2D eigenvalue weighted by Crippen LogP contribution is 2.29. The first kappa shape index (κ1) is 23.2. The van der Waals surface area contributed by atoms with E-state index in [1.807, 2.05) is 4.57 Å². The van der Waals surface area contributed by atoms with Crippen molar-refractivity contribution in [3.8, 4) is 0 Å². The Balaban J connectivity index is 1.16. The number of halogens is 2. The van der Waals surface area contributed by atoms with Gasteiger partial charge in [0.05, 0.1) is 25.2 Å². The third-order valence-electron chi connectivity index (χ3n) is 6.74. The van der Waals surface area contributed by atoms with Gasteiger partial charge in [-0.25, -0.2) is 13.8 Å². The molecule has 1 saturated heterocycles. The van der Waals surface area contributed by atoms with Crippen molar-refractivity contribution in [3.05, 3.63) is 89.0 Å². The Kier molecular flexibility index (Phi) is 6.59. The lowest BCUT2D eigenvalue weighted by Gasteiger charge is -2.31. The number of nitrogens with zero attached hydrogens (tertiary/aromatic N) is 3. The summed E-state index contributed by atoms with van der Waals surface area (Å²) in [6, 6.07) is 12.6. The predicted molar refractivity (Wildman–Crippen MR) is 123 cm³/mol. The Morgan fingerprint density at radius 1 is 1.06 bits per heavy atom. The number of carbonyl (C=O) groups excluding carboxylic acids is 2. The van der Waals surface area contributed by atoms with Crippen LogP contribution in [0.3, 0.4) is 0 Å². The number of rotatable bonds is 5. The number of amides is 2. The number of imidazole rings is 1. The molecule has 2 amide bonds. The van der Waals surface area contributed by atoms with Crippen LogP contribution in [-0.2, 0) is 29.2 Å². The van der Waals surface area contributed by atoms with E-state index in [0.717, 1.165) is 11.3 Å². The fourth-order valence-corrected chi connectivity index (χ4v) is 4.65. The van der Waals surface area contributed by atoms with Crippen LogP contribution in [0.4, 0.5) is 8.78 Å². The largest absolute Gasteiger partial charge is 0.365 e. The highest BCUT2D eigenvalue weighted by atomic mass is 19.1. The molecule has 5 rings (SSSR count). The molecule has 2 aliphatic heterocycles. The molecule has 1 unspecified atom stereocenters. The minimum atomic E-state index is -0.343. The maximum Gasteiger partial charge on any atom is 0.274 e. The number of aromatic nitrogens is 2. The molecule has 7 nitrogen and oxygen atoms in total. The second kappa shape index (κ2) is 9.95. The molecule has 1 fully saturated rings. The van der Waals surface area contributed by atoms with Crippen molar-refractivity contribution >= 4 is 11.8 Å². The van der Waals surface area contributed by atoms with E-state index in [1.54, 1.807) is 41.6 Å². The summed E-state index contributed by atoms with van der Waals surface area (Å²) in [5, 5.41) is 2.81. The van der Waals surface area contributed by atoms with E-state index in [2.05, 4.69) is 10.3 Å². The monoisotopic (exact) mass is 480 g/mol. The maximum absolute atomic E-state index is 13.8. The number of hydrogen-bond donors (Lipinski definition) is 1. The van der Waals surface area contributed by atoms with Gasteiger partial charge in [0.1, 0.15) is 17.7 Å². The van der Waals surface area contributed by atoms with Crippen molar-refractivity contribution in [1.82, 2.24) is 19.8 Å². The average Bonchev–Trinajstić information content (AvgIpc) is 3.31. The van der Waals surface area contributed by atoms with E-state index >= 15 is 0 Å². The van der Waals surface area contributed by atoms with Crippen LogP contribution in [0.2, 0.25) is 0 Å². The lowest BCUT2D eigenvalue weighted by Crippen LogP contribution is -2.43. The fourth-order valence-electron chi connectivity index (χ4n) is 4.65. The van der Waals surface area contributed by atoms with Gasteiger partial charge in [-0.2, -0.15) is 0 Å². The molecule has 1 aromatic heterocycles. The Hall–Kier alpha value is -3.59. The first-order chi connectivity index (χ1) is 17.0. The quantitative estimate of drug-likeness (QED) is 0.606. The van der Waals surface area contributed by atoms with Gasteiger partial charge in [-0.05, 0) is 36.6 Å². The molecule has 0 bridgehead atoms. The summed E-state index contributed by atoms with van der Waals surface area (Å²) in [5.74, 6) is -1.16. The van der Waals surface area contributed by atoms with Crippen molar-refractivity contribution < 1.29 is 23.1 Å². The average molecular weight is 481 g/mol. The molecule has 2 aliphatic rings. The summed E-state index contributed by atoms with van der Waals surface area (Å²) in [7, 11) is 0. The third kappa shape index (κ3) is 4.95. The minimum absolute atomic E-state index is 0.125. The van der Waals surface area contributed by atoms with Crippen LogP contribution in [0.25, 0.3) is 0 Å². The zero-order valence-corrected chi connectivity index (χ0v) is 19.1. The van der Waals surface area contributed by atoms with Gasteiger partial charge < -0.3 is 19.5 Å². The molecule has 0 aliphatic carbocycles. The van der Waals surface area contributed by atoms with E-state index < -0.39 is 0 Å². The number of nitrogens with one attached hydrogen (secondary N) is 1. The van der Waals surface area contributed by atoms with Crippen LogP contribution in [0.15, 0.2) is 54.9 Å². The number of benzene rings is 2. The van der Waals surface area contributed by atoms with Gasteiger partial charge in [0.15, 0.2) is 5.69 Å². The van der Waals surface area contributed by atoms with Gasteiger partial charge in [-0.3, -0.25) is 9.59 Å². The van der Waals surface area contributed by atoms with Gasteiger partial charge in [0.2, 0.25) is 5.91 Å². The van der Waals surface area contributed by atoms with Crippen LogP contribution < -0.4 is 5.32 Å². The molecule has 1 atom stereocenters. The van der Waals surface area contributed by atoms with Gasteiger partial charge in [0.25, 0.3) is 5.91 Å². The highest BCUT2D eigenvalue weighted by Gasteiger charge is 2.32. The van der Waals surface area contributed by atoms with E-state index in [1.165, 1.54) is 18.2 Å². The summed E-state index contributed by atoms with van der Waals surface area (Å²) in [5.41, 5.74) is 2.40. The van der Waals surface area contributed by atoms with Gasteiger partial charge in [-0.1, -0.05) is 30.3 Å². The molecule has 3 aromatic rings. The topological polar surface area (TPSA) is 76.5 Å². The number of piperidine rings is 1. The molecular formula is C26H26F2N4O3. The lowest BCUT2D eigenvalue weighted by molar-refractivity contribution is -0.126. The van der Waals surface area contributed by atoms with E-state index in [4.69, 9.17) is 4.74 Å². The van der Waals surface area contributed by atoms with Crippen LogP contribution in [-0.4, -0.2) is 39.4 Å². The minimum Gasteiger partial charge on any atom is -0.365 e. The highest BCUT2D eigenvalue weighted by molar-refractivity contribution is 5.93. The molecule has 0 radical (unpaired) electrons. The van der Waals surface area contributed by atoms with Crippen molar-refractivity contribution in [3.63, 3.8) is 0 Å². The third-order valence-corrected chi connectivity index (χ3v) is 6.74. The van der Waals surface area contributed by atoms with Crippen molar-refractivity contribution in [2.45, 2.75) is 38.6 Å². The molecule has 0 saturated carbocycles. The Bertz CT molecular complexity index is 1220. The number of likely N-dealkylation sites (tertiary alicyclic amines) is 1. The van der Waals surface area contributed by atoms with Crippen molar-refractivity contribution in [2.24, 2.45) is 5.92 Å². The number of carbonyl (C=O) groups is 2. The molecule has 1 N–H and O–H groups in total. The molecule has 3 heterocycles. The Morgan fingerprint density at radius 2 is 1.80 bits per heavy atom. The first-order valence-corrected chi connectivity index (χ1v) is 11.7. The number of fused-ring (bicyclic) bond motifs is 1. The van der Waals surface area contributed by atoms with Crippen LogP contribution in [0.5, 0.6) is 0 Å². The van der Waals surface area contributed by atoms with Crippen molar-refractivity contribution in [1.29, 1.82) is 0 Å². The molecular weight excluding hydrogens is 454 g/mol. The van der Waals surface area contributed by atoms with Crippen LogP contribution in [0, 0.1) is 17.6 Å². The second-order valence-corrected chi connectivity index (χ2v) is 8.92. The van der Waals surface area contributed by atoms with Gasteiger partial charge >= 0.3 is 0 Å². The zero-order chi connectivity index (χ0) is 24.4. The Morgan fingerprint density at radius 3 is 2.54 bits per heavy atom. The van der Waals surface area contributed by atoms with Gasteiger partial charge in [0, 0.05) is 31.1 Å². The summed E-state index contributed by atoms with van der Waals surface area (Å²) in [6.07, 6.45) is 2.48. The number of ether oxygens (including phenoxy) is 1. The fraction of sp³-hybridized carbons (Fsp3) is 0.346. The summed E-state index contributed by atoms with van der Waals surface area (Å²) < 4.78 is 34.9. The van der Waals surface area contributed by atoms with E-state index in [-0.39, 0.29) is 48.6 Å². The summed E-state index contributed by atoms with van der Waals surface area (Å²) >= 11 is 0. The SMILES string of the molecule is O=C(NCc1ccccc1F)C1CCN(C(=O)c2ncn3c2COC(c2ccc(F)cc2)C3)CC1. The molecule has 0 spiro atoms. The predicted octanol–water partition coefficient (Wildman–Crippen LogP) is 3.60. The van der Waals surface area contributed by atoms with E-state index in [0.29, 0.717) is 43.7 Å². The lowest BCUT2D eigenvalue weighted by atomic mass is 9.95. The Labute approximate surface area is 201 Å². The summed E-state index contributed by atoms with van der Waals surface area (Å²) in [4.78, 5) is 31.8. The standard InChI is InChI=1S/C26H26F2N4O3/c27-20-7-5-17(6-8-20)23-14-32-16-30-24(22(32)15-35-23)26(34)31-11-9-18(10-12-31)25(33)29-13-19-3-1-2-4-21(19)28/h1-8,16,18,23H,9-15H2,(H,29,33). The maximum atomic E-state index is 13.8. The van der Waals surface area contributed by atoms with Gasteiger partial charge in [-0.15, -0.1) is 0 Å². The smallest absolute Gasteiger partial charge is 0.274 e. The second-order valence-electron chi connectivity index (χ2n) is 8.92. The molecule has 2 aromatic carbocycles.